The minimum Gasteiger partial charge on any atom is -0.336 e. The van der Waals surface area contributed by atoms with Crippen LogP contribution >= 0.6 is 20.1 Å². The topological polar surface area (TPSA) is 46.0 Å². The van der Waals surface area contributed by atoms with Gasteiger partial charge in [0.1, 0.15) is 10.1 Å². The van der Waals surface area contributed by atoms with Crippen LogP contribution in [-0.4, -0.2) is 20.8 Å². The number of nitrogens with zero attached hydrogens (tertiary/aromatic N) is 2. The standard InChI is InChI=1S/C11H12N2OS2/c1-16(14,11-7-3-5-9-13-11)15-10-6-2-4-8-12-10/h2-9,14H,1H3. The zero-order valence-corrected chi connectivity index (χ0v) is 10.4. The molecule has 0 spiro atoms. The van der Waals surface area contributed by atoms with Gasteiger partial charge < -0.3 is 4.55 Å². The highest BCUT2D eigenvalue weighted by atomic mass is 33.2. The Morgan fingerprint density at radius 3 is 2.31 bits per heavy atom. The molecule has 84 valence electrons. The summed E-state index contributed by atoms with van der Waals surface area (Å²) in [5.74, 6) is 0. The quantitative estimate of drug-likeness (QED) is 0.850. The molecule has 0 amide bonds. The third-order valence-corrected chi connectivity index (χ3v) is 5.66. The maximum atomic E-state index is 10.4. The maximum Gasteiger partial charge on any atom is 0.110 e. The Morgan fingerprint density at radius 1 is 1.06 bits per heavy atom. The molecule has 1 atom stereocenters. The molecule has 1 unspecified atom stereocenters. The lowest BCUT2D eigenvalue weighted by Crippen LogP contribution is -1.95. The van der Waals surface area contributed by atoms with E-state index in [0.29, 0.717) is 5.03 Å². The van der Waals surface area contributed by atoms with E-state index in [-0.39, 0.29) is 0 Å². The summed E-state index contributed by atoms with van der Waals surface area (Å²) in [5, 5.41) is 1.53. The van der Waals surface area contributed by atoms with Gasteiger partial charge in [0.25, 0.3) is 0 Å². The fourth-order valence-electron chi connectivity index (χ4n) is 1.18. The number of aromatic nitrogens is 2. The number of hydrogen-bond donors (Lipinski definition) is 1. The van der Waals surface area contributed by atoms with Crippen LogP contribution in [0.4, 0.5) is 0 Å². The summed E-state index contributed by atoms with van der Waals surface area (Å²) in [6, 6.07) is 11.2. The monoisotopic (exact) mass is 252 g/mol. The van der Waals surface area contributed by atoms with Crippen molar-refractivity contribution < 1.29 is 4.55 Å². The Hall–Kier alpha value is -1.04. The Balaban J connectivity index is 2.21. The first kappa shape index (κ1) is 11.4. The fourth-order valence-corrected chi connectivity index (χ4v) is 4.27. The van der Waals surface area contributed by atoms with Crippen molar-refractivity contribution in [2.45, 2.75) is 10.1 Å². The molecule has 0 bridgehead atoms. The van der Waals surface area contributed by atoms with Gasteiger partial charge >= 0.3 is 0 Å². The van der Waals surface area contributed by atoms with Crippen molar-refractivity contribution in [2.24, 2.45) is 0 Å². The zero-order valence-electron chi connectivity index (χ0n) is 8.78. The van der Waals surface area contributed by atoms with Crippen LogP contribution in [0, 0.1) is 0 Å². The van der Waals surface area contributed by atoms with Crippen molar-refractivity contribution in [3.63, 3.8) is 0 Å². The summed E-state index contributed by atoms with van der Waals surface area (Å²) >= 11 is 0. The molecule has 0 saturated heterocycles. The predicted molar refractivity (Wildman–Crippen MR) is 68.7 cm³/mol. The molecule has 2 aromatic heterocycles. The van der Waals surface area contributed by atoms with Gasteiger partial charge in [0, 0.05) is 18.6 Å². The van der Waals surface area contributed by atoms with Crippen LogP contribution < -0.4 is 0 Å². The van der Waals surface area contributed by atoms with E-state index >= 15 is 0 Å². The first-order valence-corrected chi connectivity index (χ1v) is 8.04. The maximum absolute atomic E-state index is 10.4. The summed E-state index contributed by atoms with van der Waals surface area (Å²) in [6.45, 7) is 0. The van der Waals surface area contributed by atoms with Gasteiger partial charge in [-0.1, -0.05) is 12.1 Å². The highest BCUT2D eigenvalue weighted by Gasteiger charge is 2.20. The van der Waals surface area contributed by atoms with Crippen LogP contribution in [0.3, 0.4) is 0 Å². The molecule has 3 nitrogen and oxygen atoms in total. The molecule has 16 heavy (non-hydrogen) atoms. The van der Waals surface area contributed by atoms with Gasteiger partial charge in [-0.3, -0.25) is 0 Å². The Bertz CT molecular complexity index is 448. The van der Waals surface area contributed by atoms with Crippen molar-refractivity contribution in [1.29, 1.82) is 0 Å². The first-order chi connectivity index (χ1) is 7.68. The molecule has 5 heteroatoms. The largest absolute Gasteiger partial charge is 0.336 e. The van der Waals surface area contributed by atoms with Crippen molar-refractivity contribution in [1.82, 2.24) is 9.97 Å². The van der Waals surface area contributed by atoms with Gasteiger partial charge in [0.2, 0.25) is 0 Å². The van der Waals surface area contributed by atoms with Gasteiger partial charge in [-0.2, -0.15) is 0 Å². The Labute approximate surface area is 99.9 Å². The first-order valence-electron chi connectivity index (χ1n) is 4.71. The fraction of sp³-hybridized carbons (Fsp3) is 0.0909. The highest BCUT2D eigenvalue weighted by Crippen LogP contribution is 2.61. The lowest BCUT2D eigenvalue weighted by molar-refractivity contribution is 0.642. The highest BCUT2D eigenvalue weighted by molar-refractivity contribution is 8.91. The molecule has 0 radical (unpaired) electrons. The summed E-state index contributed by atoms with van der Waals surface area (Å²) in [5.41, 5.74) is 0. The van der Waals surface area contributed by atoms with E-state index in [4.69, 9.17) is 0 Å². The number of hydrogen-bond acceptors (Lipinski definition) is 4. The SMILES string of the molecule is CS(O)(Sc1ccccn1)c1ccccn1. The molecular formula is C11H12N2OS2. The second-order valence-electron chi connectivity index (χ2n) is 3.22. The molecule has 1 N–H and O–H groups in total. The lowest BCUT2D eigenvalue weighted by Gasteiger charge is -2.26. The van der Waals surface area contributed by atoms with Crippen LogP contribution in [0.1, 0.15) is 0 Å². The molecule has 0 aliphatic heterocycles. The third-order valence-electron chi connectivity index (χ3n) is 1.91. The summed E-state index contributed by atoms with van der Waals surface area (Å²) in [4.78, 5) is 8.37. The van der Waals surface area contributed by atoms with E-state index in [1.165, 1.54) is 10.8 Å². The molecule has 0 aliphatic rings. The molecule has 0 saturated carbocycles. The predicted octanol–water partition coefficient (Wildman–Crippen LogP) is 3.45. The van der Waals surface area contributed by atoms with Gasteiger partial charge in [0.15, 0.2) is 0 Å². The number of pyridine rings is 2. The summed E-state index contributed by atoms with van der Waals surface area (Å²) in [6.07, 6.45) is 5.21. The van der Waals surface area contributed by atoms with Gasteiger partial charge in [-0.15, -0.1) is 0 Å². The average molecular weight is 252 g/mol. The van der Waals surface area contributed by atoms with Crippen LogP contribution in [0.2, 0.25) is 0 Å². The van der Waals surface area contributed by atoms with Crippen LogP contribution in [0.15, 0.2) is 58.8 Å². The Kier molecular flexibility index (Phi) is 3.48. The number of rotatable bonds is 3. The van der Waals surface area contributed by atoms with Crippen molar-refractivity contribution in [2.75, 3.05) is 6.26 Å². The normalized spacial score (nSPS) is 16.4. The minimum atomic E-state index is -1.97. The second-order valence-corrected chi connectivity index (χ2v) is 8.28. The van der Waals surface area contributed by atoms with E-state index < -0.39 is 9.34 Å². The molecule has 2 heterocycles. The lowest BCUT2D eigenvalue weighted by atomic mass is 10.5. The van der Waals surface area contributed by atoms with Crippen molar-refractivity contribution >= 4 is 20.1 Å². The second kappa shape index (κ2) is 4.86. The third kappa shape index (κ3) is 2.75. The molecule has 2 rings (SSSR count). The van der Waals surface area contributed by atoms with Crippen LogP contribution in [0.25, 0.3) is 0 Å². The Morgan fingerprint density at radius 2 is 1.75 bits per heavy atom. The van der Waals surface area contributed by atoms with E-state index in [1.54, 1.807) is 18.6 Å². The molecule has 0 fully saturated rings. The van der Waals surface area contributed by atoms with Crippen LogP contribution in [-0.2, 0) is 0 Å². The van der Waals surface area contributed by atoms with E-state index in [1.807, 2.05) is 36.4 Å². The molecular weight excluding hydrogens is 240 g/mol. The van der Waals surface area contributed by atoms with E-state index in [9.17, 15) is 4.55 Å². The van der Waals surface area contributed by atoms with Crippen molar-refractivity contribution in [3.8, 4) is 0 Å². The molecule has 0 aromatic carbocycles. The summed E-state index contributed by atoms with van der Waals surface area (Å²) in [7, 11) is -0.606. The van der Waals surface area contributed by atoms with Gasteiger partial charge in [0.05, 0.1) is 0 Å². The van der Waals surface area contributed by atoms with Gasteiger partial charge in [-0.25, -0.2) is 9.97 Å². The van der Waals surface area contributed by atoms with Gasteiger partial charge in [-0.05, 0) is 44.4 Å². The summed E-state index contributed by atoms with van der Waals surface area (Å²) < 4.78 is 10.4. The van der Waals surface area contributed by atoms with Crippen molar-refractivity contribution in [3.05, 3.63) is 48.8 Å². The smallest absolute Gasteiger partial charge is 0.110 e. The average Bonchev–Trinajstić information content (AvgIpc) is 2.31. The van der Waals surface area contributed by atoms with Crippen LogP contribution in [0.5, 0.6) is 0 Å². The van der Waals surface area contributed by atoms with E-state index in [0.717, 1.165) is 5.03 Å². The van der Waals surface area contributed by atoms with E-state index in [2.05, 4.69) is 9.97 Å². The molecule has 2 aromatic rings. The zero-order chi connectivity index (χ0) is 11.4. The minimum absolute atomic E-state index is 0.714. The molecule has 0 aliphatic carbocycles.